The fourth-order valence-electron chi connectivity index (χ4n) is 4.09. The molecule has 0 unspecified atom stereocenters. The Morgan fingerprint density at radius 3 is 1.51 bits per heavy atom. The molecule has 4 aromatic carbocycles. The number of ketones is 1. The first-order valence-electron chi connectivity index (χ1n) is 14.9. The summed E-state index contributed by atoms with van der Waals surface area (Å²) in [6, 6.07) is 39.8. The Balaban J connectivity index is 0.000000244. The van der Waals surface area contributed by atoms with Gasteiger partial charge in [0.05, 0.1) is 5.33 Å². The zero-order valence-corrected chi connectivity index (χ0v) is 27.1. The number of alkyl halides is 1. The van der Waals surface area contributed by atoms with E-state index in [0.29, 0.717) is 18.3 Å². The zero-order valence-electron chi connectivity index (χ0n) is 25.5. The van der Waals surface area contributed by atoms with Crippen LogP contribution in [0.4, 0.5) is 0 Å². The van der Waals surface area contributed by atoms with Crippen molar-refractivity contribution in [2.24, 2.45) is 5.73 Å². The molecule has 0 saturated carbocycles. The number of Topliss-reactive ketones (excluding diaryl/α,β-unsaturated/α-hetero) is 1. The number of halogens is 1. The first-order chi connectivity index (χ1) is 22.1. The van der Waals surface area contributed by atoms with Gasteiger partial charge in [-0.15, -0.1) is 0 Å². The van der Waals surface area contributed by atoms with E-state index in [-0.39, 0.29) is 19.0 Å². The summed E-state index contributed by atoms with van der Waals surface area (Å²) in [7, 11) is 0. The number of nitrogens with zero attached hydrogens (tertiary/aromatic N) is 1. The Kier molecular flexibility index (Phi) is 19.2. The van der Waals surface area contributed by atoms with Gasteiger partial charge in [-0.25, -0.2) is 0 Å². The number of aldehydes is 1. The minimum absolute atomic E-state index is 0.126. The van der Waals surface area contributed by atoms with Gasteiger partial charge in [-0.05, 0) is 36.1 Å². The smallest absolute Gasteiger partial charge is 0.173 e. The van der Waals surface area contributed by atoms with Gasteiger partial charge < -0.3 is 25.3 Å². The summed E-state index contributed by atoms with van der Waals surface area (Å²) in [6.07, 6.45) is 7.29. The lowest BCUT2D eigenvalue weighted by Crippen LogP contribution is -1.99. The van der Waals surface area contributed by atoms with Gasteiger partial charge >= 0.3 is 0 Å². The Morgan fingerprint density at radius 1 is 0.689 bits per heavy atom. The summed E-state index contributed by atoms with van der Waals surface area (Å²) in [4.78, 5) is 20.9. The molecule has 7 heteroatoms. The fraction of sp³-hybridized carbons (Fsp3) is 0.211. The summed E-state index contributed by atoms with van der Waals surface area (Å²) in [5, 5.41) is 17.4. The van der Waals surface area contributed by atoms with Crippen molar-refractivity contribution in [1.82, 2.24) is 4.57 Å². The molecule has 0 radical (unpaired) electrons. The van der Waals surface area contributed by atoms with Crippen molar-refractivity contribution in [2.75, 3.05) is 25.1 Å². The van der Waals surface area contributed by atoms with Crippen molar-refractivity contribution in [1.29, 1.82) is 0 Å². The number of aryl methyl sites for hydroxylation is 1. The third-order valence-corrected chi connectivity index (χ3v) is 6.87. The van der Waals surface area contributed by atoms with Gasteiger partial charge in [-0.2, -0.15) is 0 Å². The van der Waals surface area contributed by atoms with E-state index in [1.807, 2.05) is 72.8 Å². The van der Waals surface area contributed by atoms with Crippen molar-refractivity contribution < 1.29 is 19.8 Å². The van der Waals surface area contributed by atoms with Crippen molar-refractivity contribution in [3.63, 3.8) is 0 Å². The summed E-state index contributed by atoms with van der Waals surface area (Å²) < 4.78 is 2.17. The van der Waals surface area contributed by atoms with Gasteiger partial charge in [0.15, 0.2) is 5.78 Å². The van der Waals surface area contributed by atoms with Crippen LogP contribution in [-0.4, -0.2) is 51.9 Å². The molecular weight excluding hydrogens is 628 g/mol. The van der Waals surface area contributed by atoms with E-state index in [1.165, 1.54) is 22.3 Å². The molecule has 0 fully saturated rings. The third kappa shape index (κ3) is 14.5. The van der Waals surface area contributed by atoms with E-state index < -0.39 is 0 Å². The molecule has 5 rings (SSSR count). The maximum absolute atomic E-state index is 11.0. The lowest BCUT2D eigenvalue weighted by molar-refractivity contribution is -0.107. The maximum atomic E-state index is 11.0. The Morgan fingerprint density at radius 2 is 1.13 bits per heavy atom. The van der Waals surface area contributed by atoms with Crippen LogP contribution in [-0.2, 0) is 17.8 Å². The zero-order chi connectivity index (χ0) is 32.5. The molecule has 0 aliphatic heterocycles. The SMILES string of the molecule is NCCCO.O=C(CBr)c1ccccc1.O=CCc1ccccc1.OCCCn1cc(-c2ccccc2)c(-c2ccccc2)c1. The molecule has 0 aliphatic rings. The molecule has 1 aromatic heterocycles. The Bertz CT molecular complexity index is 1400. The average molecular weight is 672 g/mol. The van der Waals surface area contributed by atoms with Gasteiger partial charge in [0, 0.05) is 55.3 Å². The Labute approximate surface area is 275 Å². The number of aliphatic hydroxyl groups excluding tert-OH is 2. The average Bonchev–Trinajstić information content (AvgIpc) is 3.54. The molecule has 0 amide bonds. The van der Waals surface area contributed by atoms with Gasteiger partial charge in [-0.1, -0.05) is 137 Å². The fourth-order valence-corrected chi connectivity index (χ4v) is 4.41. The largest absolute Gasteiger partial charge is 0.396 e. The first-order valence-corrected chi connectivity index (χ1v) is 16.0. The molecule has 45 heavy (non-hydrogen) atoms. The number of carbonyl (C=O) groups excluding carboxylic acids is 2. The normalized spacial score (nSPS) is 9.78. The lowest BCUT2D eigenvalue weighted by Gasteiger charge is -2.03. The van der Waals surface area contributed by atoms with Crippen LogP contribution in [0.25, 0.3) is 22.3 Å². The molecule has 6 nitrogen and oxygen atoms in total. The molecule has 0 bridgehead atoms. The van der Waals surface area contributed by atoms with Gasteiger partial charge in [0.2, 0.25) is 0 Å². The lowest BCUT2D eigenvalue weighted by atomic mass is 9.99. The number of carbonyl (C=O) groups is 2. The van der Waals surface area contributed by atoms with Crippen LogP contribution in [0.5, 0.6) is 0 Å². The van der Waals surface area contributed by atoms with Crippen molar-refractivity contribution in [3.05, 3.63) is 145 Å². The second kappa shape index (κ2) is 23.3. The molecular formula is C38H43BrN2O4. The van der Waals surface area contributed by atoms with Gasteiger partial charge in [0.25, 0.3) is 0 Å². The maximum Gasteiger partial charge on any atom is 0.173 e. The minimum Gasteiger partial charge on any atom is -0.396 e. The highest BCUT2D eigenvalue weighted by molar-refractivity contribution is 9.09. The van der Waals surface area contributed by atoms with Crippen LogP contribution < -0.4 is 5.73 Å². The number of hydrogen-bond acceptors (Lipinski definition) is 5. The van der Waals surface area contributed by atoms with Gasteiger partial charge in [0.1, 0.15) is 6.29 Å². The van der Waals surface area contributed by atoms with Crippen LogP contribution in [0.3, 0.4) is 0 Å². The number of rotatable bonds is 11. The number of aliphatic hydroxyl groups is 2. The summed E-state index contributed by atoms with van der Waals surface area (Å²) >= 11 is 3.10. The number of hydrogen-bond donors (Lipinski definition) is 3. The molecule has 5 aromatic rings. The van der Waals surface area contributed by atoms with Gasteiger partial charge in [-0.3, -0.25) is 4.79 Å². The van der Waals surface area contributed by atoms with Crippen molar-refractivity contribution in [2.45, 2.75) is 25.8 Å². The molecule has 0 spiro atoms. The minimum atomic E-state index is 0.126. The number of aromatic nitrogens is 1. The number of benzene rings is 4. The highest BCUT2D eigenvalue weighted by Gasteiger charge is 2.10. The number of nitrogens with two attached hydrogens (primary N) is 1. The summed E-state index contributed by atoms with van der Waals surface area (Å²) in [6.45, 7) is 1.87. The van der Waals surface area contributed by atoms with Crippen LogP contribution in [0, 0.1) is 0 Å². The predicted octanol–water partition coefficient (Wildman–Crippen LogP) is 7.22. The van der Waals surface area contributed by atoms with Crippen molar-refractivity contribution in [3.8, 4) is 22.3 Å². The highest BCUT2D eigenvalue weighted by Crippen LogP contribution is 2.33. The summed E-state index contributed by atoms with van der Waals surface area (Å²) in [5.41, 5.74) is 11.7. The first kappa shape index (κ1) is 37.0. The monoisotopic (exact) mass is 670 g/mol. The Hall–Kier alpha value is -4.14. The molecule has 0 aliphatic carbocycles. The predicted molar refractivity (Wildman–Crippen MR) is 189 cm³/mol. The molecule has 236 valence electrons. The van der Waals surface area contributed by atoms with Crippen LogP contribution in [0.15, 0.2) is 134 Å². The molecule has 4 N–H and O–H groups in total. The molecule has 1 heterocycles. The standard InChI is InChI=1S/C19H19NO.C8H7BrO.C8H8O.C3H9NO/c21-13-7-12-20-14-18(16-8-3-1-4-9-16)19(15-20)17-10-5-2-6-11-17;9-6-8(10)7-4-2-1-3-5-7;9-7-6-8-4-2-1-3-5-8;4-2-1-3-5/h1-6,8-11,14-15,21H,7,12-13H2;1-5H,6H2;1-5,7H,6H2;5H,1-4H2. The topological polar surface area (TPSA) is 106 Å². The van der Waals surface area contributed by atoms with E-state index >= 15 is 0 Å². The van der Waals surface area contributed by atoms with E-state index in [2.05, 4.69) is 81.4 Å². The van der Waals surface area contributed by atoms with E-state index in [4.69, 9.17) is 15.9 Å². The van der Waals surface area contributed by atoms with Crippen molar-refractivity contribution >= 4 is 28.0 Å². The van der Waals surface area contributed by atoms with Crippen LogP contribution in [0.1, 0.15) is 28.8 Å². The quantitative estimate of drug-likeness (QED) is 0.0782. The second-order valence-electron chi connectivity index (χ2n) is 9.78. The molecule has 0 atom stereocenters. The van der Waals surface area contributed by atoms with E-state index in [1.54, 1.807) is 0 Å². The van der Waals surface area contributed by atoms with E-state index in [9.17, 15) is 9.59 Å². The second-order valence-corrected chi connectivity index (χ2v) is 10.3. The third-order valence-electron chi connectivity index (χ3n) is 6.37. The highest BCUT2D eigenvalue weighted by atomic mass is 79.9. The molecule has 0 saturated heterocycles. The van der Waals surface area contributed by atoms with E-state index in [0.717, 1.165) is 36.8 Å². The summed E-state index contributed by atoms with van der Waals surface area (Å²) in [5.74, 6) is 0.126. The van der Waals surface area contributed by atoms with Crippen LogP contribution in [0.2, 0.25) is 0 Å². The van der Waals surface area contributed by atoms with Crippen LogP contribution >= 0.6 is 15.9 Å².